The van der Waals surface area contributed by atoms with E-state index in [9.17, 15) is 14.9 Å². The third-order valence-corrected chi connectivity index (χ3v) is 4.46. The van der Waals surface area contributed by atoms with Gasteiger partial charge in [0.05, 0.1) is 0 Å². The van der Waals surface area contributed by atoms with Crippen LogP contribution >= 0.6 is 15.9 Å². The van der Waals surface area contributed by atoms with E-state index < -0.39 is 10.9 Å². The van der Waals surface area contributed by atoms with Gasteiger partial charge in [0.2, 0.25) is 0 Å². The van der Waals surface area contributed by atoms with E-state index in [1.54, 1.807) is 6.92 Å². The summed E-state index contributed by atoms with van der Waals surface area (Å²) in [7, 11) is 0. The van der Waals surface area contributed by atoms with Crippen molar-refractivity contribution in [2.75, 3.05) is 6.61 Å². The maximum atomic E-state index is 11.2. The first-order valence-electron chi connectivity index (χ1n) is 3.67. The standard InChI is InChI=1S/C7H6BrNO4Se/c1-2-13-7(10)5-3-4(9(11)12)6(8)14-5/h3H,2H2,1H3. The van der Waals surface area contributed by atoms with Crippen molar-refractivity contribution in [3.8, 4) is 0 Å². The Kier molecular flexibility index (Phi) is 3.86. The van der Waals surface area contributed by atoms with Crippen LogP contribution in [0.4, 0.5) is 5.69 Å². The SMILES string of the molecule is CCOC(=O)c1cc([N+](=O)[O-])c(Br)[se]1. The molecular weight excluding hydrogens is 321 g/mol. The van der Waals surface area contributed by atoms with Crippen LogP contribution < -0.4 is 0 Å². The van der Waals surface area contributed by atoms with Crippen molar-refractivity contribution < 1.29 is 14.5 Å². The van der Waals surface area contributed by atoms with Crippen LogP contribution in [0.3, 0.4) is 0 Å². The van der Waals surface area contributed by atoms with E-state index in [2.05, 4.69) is 15.9 Å². The predicted molar refractivity (Wildman–Crippen MR) is 53.7 cm³/mol. The molecular formula is C7H6BrNO4Se. The number of carbonyl (C=O) groups excluding carboxylic acids is 1. The fourth-order valence-electron chi connectivity index (χ4n) is 0.786. The molecule has 1 aromatic heterocycles. The Morgan fingerprint density at radius 2 is 2.43 bits per heavy atom. The molecule has 1 aromatic rings. The van der Waals surface area contributed by atoms with E-state index in [1.807, 2.05) is 0 Å². The van der Waals surface area contributed by atoms with Crippen molar-refractivity contribution in [2.45, 2.75) is 6.92 Å². The zero-order valence-corrected chi connectivity index (χ0v) is 10.4. The summed E-state index contributed by atoms with van der Waals surface area (Å²) in [5.74, 6) is -0.471. The van der Waals surface area contributed by atoms with E-state index in [0.29, 0.717) is 7.78 Å². The number of rotatable bonds is 3. The number of hydrogen-bond donors (Lipinski definition) is 0. The molecule has 7 heteroatoms. The first kappa shape index (κ1) is 11.4. The summed E-state index contributed by atoms with van der Waals surface area (Å²) in [4.78, 5) is 21.2. The second-order valence-corrected chi connectivity index (χ2v) is 6.43. The van der Waals surface area contributed by atoms with Crippen molar-refractivity contribution in [3.05, 3.63) is 24.0 Å². The molecule has 0 aliphatic rings. The van der Waals surface area contributed by atoms with Gasteiger partial charge in [-0.05, 0) is 0 Å². The fourth-order valence-corrected chi connectivity index (χ4v) is 3.51. The van der Waals surface area contributed by atoms with Gasteiger partial charge in [-0.25, -0.2) is 0 Å². The van der Waals surface area contributed by atoms with E-state index in [4.69, 9.17) is 4.74 Å². The maximum absolute atomic E-state index is 11.2. The summed E-state index contributed by atoms with van der Waals surface area (Å²) >= 11 is 2.73. The summed E-state index contributed by atoms with van der Waals surface area (Å²) in [6, 6.07) is 1.27. The molecule has 0 saturated carbocycles. The normalized spacial score (nSPS) is 9.86. The van der Waals surface area contributed by atoms with Crippen molar-refractivity contribution in [3.63, 3.8) is 0 Å². The van der Waals surface area contributed by atoms with Gasteiger partial charge in [0.15, 0.2) is 0 Å². The van der Waals surface area contributed by atoms with Crippen LogP contribution in [0.25, 0.3) is 0 Å². The fraction of sp³-hybridized carbons (Fsp3) is 0.286. The topological polar surface area (TPSA) is 69.4 Å². The second kappa shape index (κ2) is 4.72. The Balaban J connectivity index is 2.96. The third kappa shape index (κ3) is 2.43. The Morgan fingerprint density at radius 1 is 1.79 bits per heavy atom. The van der Waals surface area contributed by atoms with Crippen molar-refractivity contribution in [2.24, 2.45) is 0 Å². The van der Waals surface area contributed by atoms with Gasteiger partial charge in [0, 0.05) is 0 Å². The molecule has 14 heavy (non-hydrogen) atoms. The third-order valence-electron chi connectivity index (χ3n) is 1.34. The Hall–Kier alpha value is -0.651. The van der Waals surface area contributed by atoms with Crippen LogP contribution in [0, 0.1) is 10.1 Å². The summed E-state index contributed by atoms with van der Waals surface area (Å²) in [6.07, 6.45) is 0. The minimum atomic E-state index is -0.516. The molecule has 1 heterocycles. The molecule has 0 spiro atoms. The second-order valence-electron chi connectivity index (χ2n) is 2.25. The van der Waals surface area contributed by atoms with Crippen LogP contribution in [0.1, 0.15) is 16.2 Å². The molecule has 0 amide bonds. The average Bonchev–Trinajstić information content (AvgIpc) is 2.48. The van der Waals surface area contributed by atoms with Crippen LogP contribution in [0.2, 0.25) is 0 Å². The summed E-state index contributed by atoms with van der Waals surface area (Å²) < 4.78 is 5.58. The molecule has 0 saturated heterocycles. The van der Waals surface area contributed by atoms with E-state index in [-0.39, 0.29) is 26.8 Å². The molecule has 0 N–H and O–H groups in total. The molecule has 0 atom stereocenters. The van der Waals surface area contributed by atoms with Crippen molar-refractivity contribution in [1.82, 2.24) is 0 Å². The summed E-state index contributed by atoms with van der Waals surface area (Å²) in [5.41, 5.74) is -0.0481. The average molecular weight is 327 g/mol. The van der Waals surface area contributed by atoms with Crippen LogP contribution in [0.5, 0.6) is 0 Å². The van der Waals surface area contributed by atoms with Crippen molar-refractivity contribution >= 4 is 42.1 Å². The number of hydrogen-bond acceptors (Lipinski definition) is 4. The Morgan fingerprint density at radius 3 is 2.86 bits per heavy atom. The van der Waals surface area contributed by atoms with Crippen LogP contribution in [0.15, 0.2) is 9.41 Å². The molecule has 1 rings (SSSR count). The summed E-state index contributed by atoms with van der Waals surface area (Å²) in [5, 5.41) is 10.5. The number of nitro groups is 1. The number of ether oxygens (including phenoxy) is 1. The van der Waals surface area contributed by atoms with Gasteiger partial charge < -0.3 is 0 Å². The molecule has 0 unspecified atom stereocenters. The van der Waals surface area contributed by atoms with Gasteiger partial charge in [-0.1, -0.05) is 0 Å². The van der Waals surface area contributed by atoms with E-state index >= 15 is 0 Å². The Labute approximate surface area is 94.1 Å². The van der Waals surface area contributed by atoms with Gasteiger partial charge in [0.1, 0.15) is 0 Å². The van der Waals surface area contributed by atoms with Crippen molar-refractivity contribution in [1.29, 1.82) is 0 Å². The molecule has 0 aromatic carbocycles. The minimum absolute atomic E-state index is 0.0481. The molecule has 0 bridgehead atoms. The molecule has 0 aliphatic heterocycles. The zero-order chi connectivity index (χ0) is 10.7. The quantitative estimate of drug-likeness (QED) is 0.366. The van der Waals surface area contributed by atoms with Gasteiger partial charge in [-0.2, -0.15) is 0 Å². The monoisotopic (exact) mass is 327 g/mol. The first-order chi connectivity index (χ1) is 6.56. The van der Waals surface area contributed by atoms with E-state index in [0.717, 1.165) is 0 Å². The number of esters is 1. The van der Waals surface area contributed by atoms with E-state index in [1.165, 1.54) is 6.07 Å². The van der Waals surface area contributed by atoms with Crippen LogP contribution in [-0.4, -0.2) is 32.0 Å². The zero-order valence-electron chi connectivity index (χ0n) is 7.15. The van der Waals surface area contributed by atoms with Gasteiger partial charge in [-0.3, -0.25) is 0 Å². The molecule has 0 radical (unpaired) electrons. The molecule has 0 fully saturated rings. The molecule has 76 valence electrons. The first-order valence-corrected chi connectivity index (χ1v) is 6.17. The van der Waals surface area contributed by atoms with Gasteiger partial charge in [-0.15, -0.1) is 0 Å². The number of nitrogens with zero attached hydrogens (tertiary/aromatic N) is 1. The Bertz CT molecular complexity index is 376. The van der Waals surface area contributed by atoms with Crippen LogP contribution in [-0.2, 0) is 4.74 Å². The summed E-state index contributed by atoms with van der Waals surface area (Å²) in [6.45, 7) is 1.97. The van der Waals surface area contributed by atoms with Gasteiger partial charge in [0.25, 0.3) is 0 Å². The van der Waals surface area contributed by atoms with Gasteiger partial charge >= 0.3 is 94.0 Å². The molecule has 5 nitrogen and oxygen atoms in total. The predicted octanol–water partition coefficient (Wildman–Crippen LogP) is 1.59. The number of carbonyl (C=O) groups is 1. The number of halogens is 1. The molecule has 0 aliphatic carbocycles.